The summed E-state index contributed by atoms with van der Waals surface area (Å²) in [6.07, 6.45) is 5.06. The molecular weight excluding hydrogens is 617 g/mol. The number of anilines is 1. The number of hydrogen-bond acceptors (Lipinski definition) is 4. The maximum atomic E-state index is 14.3. The number of carbonyl (C=O) groups is 2. The highest BCUT2D eigenvalue weighted by Crippen LogP contribution is 2.28. The molecule has 0 aromatic heterocycles. The number of nitrogens with zero attached hydrogens (tertiary/aromatic N) is 2. The number of rotatable bonds is 11. The summed E-state index contributed by atoms with van der Waals surface area (Å²) in [5, 5.41) is 4.24. The van der Waals surface area contributed by atoms with Crippen molar-refractivity contribution < 1.29 is 18.0 Å². The van der Waals surface area contributed by atoms with Crippen molar-refractivity contribution in [3.8, 4) is 0 Å². The predicted octanol–water partition coefficient (Wildman–Crippen LogP) is 6.42. The highest BCUT2D eigenvalue weighted by atomic mass is 35.5. The fourth-order valence-electron chi connectivity index (χ4n) is 5.20. The van der Waals surface area contributed by atoms with Crippen molar-refractivity contribution >= 4 is 62.3 Å². The highest BCUT2D eigenvalue weighted by Gasteiger charge is 2.35. The Labute approximate surface area is 262 Å². The molecule has 0 aliphatic heterocycles. The zero-order chi connectivity index (χ0) is 30.4. The van der Waals surface area contributed by atoms with Gasteiger partial charge in [0, 0.05) is 34.1 Å². The molecule has 42 heavy (non-hydrogen) atoms. The molecule has 224 valence electrons. The van der Waals surface area contributed by atoms with Gasteiger partial charge in [0.15, 0.2) is 0 Å². The van der Waals surface area contributed by atoms with Gasteiger partial charge in [0.1, 0.15) is 12.6 Å². The zero-order valence-electron chi connectivity index (χ0n) is 23.5. The SMILES string of the molecule is Cc1ccc(Cl)cc1N(CC(=O)N(Cc1ccc(Cl)cc1Cl)[C@@H](Cc1ccccc1)C(=O)NC1CCCC1)S(C)(=O)=O. The summed E-state index contributed by atoms with van der Waals surface area (Å²) < 4.78 is 27.1. The first-order chi connectivity index (χ1) is 19.9. The summed E-state index contributed by atoms with van der Waals surface area (Å²) in [5.74, 6) is -0.859. The smallest absolute Gasteiger partial charge is 0.244 e. The van der Waals surface area contributed by atoms with Crippen LogP contribution in [0.25, 0.3) is 0 Å². The molecule has 4 rings (SSSR count). The topological polar surface area (TPSA) is 86.8 Å². The molecule has 1 fully saturated rings. The van der Waals surface area contributed by atoms with E-state index in [1.54, 1.807) is 37.3 Å². The van der Waals surface area contributed by atoms with Gasteiger partial charge >= 0.3 is 0 Å². The molecular formula is C31H34Cl3N3O4S. The van der Waals surface area contributed by atoms with Crippen LogP contribution in [0.15, 0.2) is 66.7 Å². The lowest BCUT2D eigenvalue weighted by atomic mass is 10.0. The molecule has 1 atom stereocenters. The molecule has 3 aromatic rings. The second kappa shape index (κ2) is 14.1. The van der Waals surface area contributed by atoms with Crippen LogP contribution in [0.2, 0.25) is 15.1 Å². The van der Waals surface area contributed by atoms with Crippen LogP contribution in [0.4, 0.5) is 5.69 Å². The van der Waals surface area contributed by atoms with E-state index in [0.717, 1.165) is 41.8 Å². The van der Waals surface area contributed by atoms with E-state index in [1.165, 1.54) is 11.0 Å². The molecule has 1 N–H and O–H groups in total. The zero-order valence-corrected chi connectivity index (χ0v) is 26.6. The Morgan fingerprint density at radius 3 is 2.24 bits per heavy atom. The maximum absolute atomic E-state index is 14.3. The quantitative estimate of drug-likeness (QED) is 0.260. The van der Waals surface area contributed by atoms with Crippen LogP contribution in [0, 0.1) is 6.92 Å². The number of benzene rings is 3. The van der Waals surface area contributed by atoms with Crippen molar-refractivity contribution in [2.45, 2.75) is 57.7 Å². The fraction of sp³-hybridized carbons (Fsp3) is 0.355. The molecule has 2 amide bonds. The van der Waals surface area contributed by atoms with Crippen LogP contribution in [0.1, 0.15) is 42.4 Å². The van der Waals surface area contributed by atoms with Crippen molar-refractivity contribution in [3.05, 3.63) is 98.5 Å². The van der Waals surface area contributed by atoms with E-state index in [0.29, 0.717) is 26.2 Å². The van der Waals surface area contributed by atoms with Crippen LogP contribution < -0.4 is 9.62 Å². The summed E-state index contributed by atoms with van der Waals surface area (Å²) in [4.78, 5) is 29.6. The molecule has 3 aromatic carbocycles. The number of carbonyl (C=O) groups excluding carboxylic acids is 2. The lowest BCUT2D eigenvalue weighted by Gasteiger charge is -2.34. The van der Waals surface area contributed by atoms with Crippen LogP contribution in [0.5, 0.6) is 0 Å². The second-order valence-electron chi connectivity index (χ2n) is 10.7. The minimum atomic E-state index is -3.91. The monoisotopic (exact) mass is 649 g/mol. The van der Waals surface area contributed by atoms with E-state index >= 15 is 0 Å². The average molecular weight is 651 g/mol. The third-order valence-electron chi connectivity index (χ3n) is 7.45. The van der Waals surface area contributed by atoms with Crippen molar-refractivity contribution in [2.75, 3.05) is 17.1 Å². The molecule has 1 aliphatic carbocycles. The van der Waals surface area contributed by atoms with E-state index in [9.17, 15) is 18.0 Å². The van der Waals surface area contributed by atoms with Gasteiger partial charge in [-0.25, -0.2) is 8.42 Å². The second-order valence-corrected chi connectivity index (χ2v) is 13.8. The van der Waals surface area contributed by atoms with Crippen molar-refractivity contribution in [1.82, 2.24) is 10.2 Å². The van der Waals surface area contributed by atoms with Crippen LogP contribution >= 0.6 is 34.8 Å². The molecule has 0 heterocycles. The molecule has 7 nitrogen and oxygen atoms in total. The Balaban J connectivity index is 1.77. The third kappa shape index (κ3) is 8.40. The minimum Gasteiger partial charge on any atom is -0.352 e. The average Bonchev–Trinajstić information content (AvgIpc) is 3.44. The number of amides is 2. The largest absolute Gasteiger partial charge is 0.352 e. The molecule has 0 saturated heterocycles. The highest BCUT2D eigenvalue weighted by molar-refractivity contribution is 7.92. The summed E-state index contributed by atoms with van der Waals surface area (Å²) >= 11 is 18.9. The summed E-state index contributed by atoms with van der Waals surface area (Å²) in [7, 11) is -3.91. The van der Waals surface area contributed by atoms with E-state index in [1.807, 2.05) is 30.3 Å². The molecule has 0 bridgehead atoms. The molecule has 11 heteroatoms. The molecule has 1 saturated carbocycles. The first-order valence-electron chi connectivity index (χ1n) is 13.7. The Bertz CT molecular complexity index is 1530. The number of nitrogens with one attached hydrogen (secondary N) is 1. The maximum Gasteiger partial charge on any atom is 0.244 e. The summed E-state index contributed by atoms with van der Waals surface area (Å²) in [5.41, 5.74) is 2.35. The van der Waals surface area contributed by atoms with Crippen molar-refractivity contribution in [3.63, 3.8) is 0 Å². The fourth-order valence-corrected chi connectivity index (χ4v) is 6.73. The van der Waals surface area contributed by atoms with E-state index in [4.69, 9.17) is 34.8 Å². The normalized spacial score (nSPS) is 14.4. The van der Waals surface area contributed by atoms with Crippen LogP contribution in [-0.2, 0) is 32.6 Å². The summed E-state index contributed by atoms with van der Waals surface area (Å²) in [6, 6.07) is 18.3. The van der Waals surface area contributed by atoms with Crippen LogP contribution in [0.3, 0.4) is 0 Å². The van der Waals surface area contributed by atoms with Gasteiger partial charge in [0.25, 0.3) is 0 Å². The van der Waals surface area contributed by atoms with Gasteiger partial charge in [-0.15, -0.1) is 0 Å². The first-order valence-corrected chi connectivity index (χ1v) is 16.7. The lowest BCUT2D eigenvalue weighted by molar-refractivity contribution is -0.140. The Kier molecular flexibility index (Phi) is 10.8. The van der Waals surface area contributed by atoms with Gasteiger partial charge in [-0.2, -0.15) is 0 Å². The van der Waals surface area contributed by atoms with Gasteiger partial charge < -0.3 is 10.2 Å². The van der Waals surface area contributed by atoms with Gasteiger partial charge in [0.2, 0.25) is 21.8 Å². The molecule has 0 radical (unpaired) electrons. The summed E-state index contributed by atoms with van der Waals surface area (Å²) in [6.45, 7) is 1.18. The van der Waals surface area contributed by atoms with Gasteiger partial charge in [-0.1, -0.05) is 90.1 Å². The van der Waals surface area contributed by atoms with Crippen molar-refractivity contribution in [1.29, 1.82) is 0 Å². The predicted molar refractivity (Wildman–Crippen MR) is 170 cm³/mol. The van der Waals surface area contributed by atoms with Gasteiger partial charge in [-0.3, -0.25) is 13.9 Å². The molecule has 0 unspecified atom stereocenters. The number of halogens is 3. The van der Waals surface area contributed by atoms with Crippen LogP contribution in [-0.4, -0.2) is 50.0 Å². The first kappa shape index (κ1) is 32.1. The number of aryl methyl sites for hydroxylation is 1. The minimum absolute atomic E-state index is 0.0217. The Morgan fingerprint density at radius 2 is 1.60 bits per heavy atom. The number of hydrogen-bond donors (Lipinski definition) is 1. The van der Waals surface area contributed by atoms with E-state index < -0.39 is 28.5 Å². The van der Waals surface area contributed by atoms with E-state index in [-0.39, 0.29) is 30.6 Å². The van der Waals surface area contributed by atoms with Crippen molar-refractivity contribution in [2.24, 2.45) is 0 Å². The lowest BCUT2D eigenvalue weighted by Crippen LogP contribution is -2.54. The van der Waals surface area contributed by atoms with Gasteiger partial charge in [-0.05, 0) is 60.7 Å². The standard InChI is InChI=1S/C31H34Cl3N3O4S/c1-21-12-14-25(33)18-28(21)37(42(2,40)41)20-30(38)36(19-23-13-15-24(32)17-27(23)34)29(16-22-8-4-3-5-9-22)31(39)35-26-10-6-7-11-26/h3-5,8-9,12-15,17-18,26,29H,6-7,10-11,16,19-20H2,1-2H3,(H,35,39)/t29-/m0/s1. The van der Waals surface area contributed by atoms with E-state index in [2.05, 4.69) is 5.32 Å². The Morgan fingerprint density at radius 1 is 0.952 bits per heavy atom. The molecule has 1 aliphatic rings. The van der Waals surface area contributed by atoms with Gasteiger partial charge in [0.05, 0.1) is 11.9 Å². The molecule has 0 spiro atoms. The third-order valence-corrected chi connectivity index (χ3v) is 9.40. The number of sulfonamides is 1. The Hall–Kier alpha value is -2.78.